The van der Waals surface area contributed by atoms with Crippen molar-refractivity contribution in [1.29, 1.82) is 0 Å². The van der Waals surface area contributed by atoms with Gasteiger partial charge in [0, 0.05) is 6.54 Å². The van der Waals surface area contributed by atoms with E-state index < -0.39 is 12.3 Å². The van der Waals surface area contributed by atoms with Crippen LogP contribution in [0.4, 0.5) is 8.78 Å². The Labute approximate surface area is 64.0 Å². The first-order valence-corrected chi connectivity index (χ1v) is 3.67. The van der Waals surface area contributed by atoms with Gasteiger partial charge in [0.05, 0.1) is 0 Å². The van der Waals surface area contributed by atoms with E-state index in [0.29, 0.717) is 18.4 Å². The minimum absolute atomic E-state index is 0.407. The van der Waals surface area contributed by atoms with Crippen molar-refractivity contribution < 1.29 is 13.6 Å². The summed E-state index contributed by atoms with van der Waals surface area (Å²) in [6.07, 6.45) is -1.83. The fourth-order valence-corrected chi connectivity index (χ4v) is 0.992. The molecular weight excluding hydrogens is 152 g/mol. The first-order valence-electron chi connectivity index (χ1n) is 3.67. The van der Waals surface area contributed by atoms with Crippen LogP contribution in [0.2, 0.25) is 0 Å². The Morgan fingerprint density at radius 3 is 2.64 bits per heavy atom. The molecule has 0 heterocycles. The molecule has 1 saturated carbocycles. The zero-order valence-corrected chi connectivity index (χ0v) is 6.31. The van der Waals surface area contributed by atoms with Gasteiger partial charge in [-0.25, -0.2) is 0 Å². The second-order valence-electron chi connectivity index (χ2n) is 3.02. The fourth-order valence-electron chi connectivity index (χ4n) is 0.992. The molecule has 0 aromatic rings. The molecule has 0 aromatic heterocycles. The van der Waals surface area contributed by atoms with E-state index >= 15 is 0 Å². The van der Waals surface area contributed by atoms with Crippen LogP contribution >= 0.6 is 0 Å². The predicted octanol–water partition coefficient (Wildman–Crippen LogP) is 1.02. The first-order chi connectivity index (χ1) is 5.11. The third-order valence-corrected chi connectivity index (χ3v) is 2.01. The molecule has 2 unspecified atom stereocenters. The topological polar surface area (TPSA) is 29.1 Å². The lowest BCUT2D eigenvalue weighted by molar-refractivity contribution is -0.131. The molecule has 0 radical (unpaired) electrons. The zero-order valence-electron chi connectivity index (χ0n) is 6.31. The van der Waals surface area contributed by atoms with Gasteiger partial charge in [0.2, 0.25) is 0 Å². The van der Waals surface area contributed by atoms with E-state index in [2.05, 4.69) is 5.32 Å². The summed E-state index contributed by atoms with van der Waals surface area (Å²) in [5.74, 6) is -0.130. The van der Waals surface area contributed by atoms with Crippen molar-refractivity contribution in [1.82, 2.24) is 5.32 Å². The highest BCUT2D eigenvalue weighted by Crippen LogP contribution is 2.36. The molecule has 1 aliphatic carbocycles. The Bertz CT molecular complexity index is 161. The van der Waals surface area contributed by atoms with Gasteiger partial charge in [-0.3, -0.25) is 4.79 Å². The van der Waals surface area contributed by atoms with Crippen molar-refractivity contribution in [2.75, 3.05) is 6.54 Å². The molecular formula is C7H11F2NO. The van der Waals surface area contributed by atoms with Crippen LogP contribution < -0.4 is 5.32 Å². The summed E-state index contributed by atoms with van der Waals surface area (Å²) >= 11 is 0. The number of hydrogen-bond acceptors (Lipinski definition) is 1. The Morgan fingerprint density at radius 1 is 1.73 bits per heavy atom. The van der Waals surface area contributed by atoms with Crippen LogP contribution in [-0.2, 0) is 4.79 Å². The lowest BCUT2D eigenvalue weighted by Gasteiger charge is -2.01. The Morgan fingerprint density at radius 2 is 2.27 bits per heavy atom. The Kier molecular flexibility index (Phi) is 2.42. The van der Waals surface area contributed by atoms with Gasteiger partial charge in [-0.05, 0) is 18.3 Å². The minimum atomic E-state index is -2.87. The van der Waals surface area contributed by atoms with Crippen molar-refractivity contribution in [2.24, 2.45) is 11.8 Å². The standard InChI is InChI=1S/C7H11F2NO/c1-4-2-5(4)3-10-7(11)6(8)9/h4-6H,2-3H2,1H3,(H,10,11). The van der Waals surface area contributed by atoms with Crippen molar-refractivity contribution >= 4 is 5.91 Å². The summed E-state index contributed by atoms with van der Waals surface area (Å²) in [5, 5.41) is 2.19. The second-order valence-corrected chi connectivity index (χ2v) is 3.02. The molecule has 0 saturated heterocycles. The number of amides is 1. The Hall–Kier alpha value is -0.670. The van der Waals surface area contributed by atoms with Gasteiger partial charge < -0.3 is 5.32 Å². The molecule has 11 heavy (non-hydrogen) atoms. The minimum Gasteiger partial charge on any atom is -0.351 e. The van der Waals surface area contributed by atoms with Gasteiger partial charge in [-0.2, -0.15) is 8.78 Å². The molecule has 0 aromatic carbocycles. The maximum absolute atomic E-state index is 11.6. The lowest BCUT2D eigenvalue weighted by Crippen LogP contribution is -2.31. The van der Waals surface area contributed by atoms with Crippen molar-refractivity contribution in [3.63, 3.8) is 0 Å². The van der Waals surface area contributed by atoms with E-state index in [1.54, 1.807) is 0 Å². The second kappa shape index (κ2) is 3.15. The highest BCUT2D eigenvalue weighted by Gasteiger charge is 2.32. The number of alkyl halides is 2. The van der Waals surface area contributed by atoms with Crippen LogP contribution in [0.1, 0.15) is 13.3 Å². The van der Waals surface area contributed by atoms with Gasteiger partial charge in [0.15, 0.2) is 0 Å². The van der Waals surface area contributed by atoms with Crippen molar-refractivity contribution in [2.45, 2.75) is 19.8 Å². The summed E-state index contributed by atoms with van der Waals surface area (Å²) in [5.41, 5.74) is 0. The quantitative estimate of drug-likeness (QED) is 0.661. The van der Waals surface area contributed by atoms with Gasteiger partial charge in [0.25, 0.3) is 5.91 Å². The van der Waals surface area contributed by atoms with E-state index in [9.17, 15) is 13.6 Å². The number of rotatable bonds is 3. The average molecular weight is 163 g/mol. The largest absolute Gasteiger partial charge is 0.351 e. The highest BCUT2D eigenvalue weighted by atomic mass is 19.3. The number of nitrogens with one attached hydrogen (secondary N) is 1. The van der Waals surface area contributed by atoms with E-state index in [-0.39, 0.29) is 0 Å². The van der Waals surface area contributed by atoms with Crippen LogP contribution in [0.3, 0.4) is 0 Å². The molecule has 2 atom stereocenters. The molecule has 4 heteroatoms. The first kappa shape index (κ1) is 8.43. The third-order valence-electron chi connectivity index (χ3n) is 2.01. The molecule has 0 spiro atoms. The highest BCUT2D eigenvalue weighted by molar-refractivity contribution is 5.79. The van der Waals surface area contributed by atoms with Crippen LogP contribution in [-0.4, -0.2) is 18.9 Å². The van der Waals surface area contributed by atoms with Gasteiger partial charge in [0.1, 0.15) is 0 Å². The van der Waals surface area contributed by atoms with Gasteiger partial charge >= 0.3 is 6.43 Å². The molecule has 1 aliphatic rings. The summed E-state index contributed by atoms with van der Waals surface area (Å²) in [7, 11) is 0. The summed E-state index contributed by atoms with van der Waals surface area (Å²) < 4.78 is 23.2. The number of carbonyl (C=O) groups excluding carboxylic acids is 1. The van der Waals surface area contributed by atoms with E-state index in [4.69, 9.17) is 0 Å². The average Bonchev–Trinajstić information content (AvgIpc) is 2.61. The normalized spacial score (nSPS) is 28.7. The van der Waals surface area contributed by atoms with E-state index in [0.717, 1.165) is 6.42 Å². The summed E-state index contributed by atoms with van der Waals surface area (Å²) in [6.45, 7) is 2.45. The molecule has 1 fully saturated rings. The Balaban J connectivity index is 2.07. The van der Waals surface area contributed by atoms with E-state index in [1.165, 1.54) is 0 Å². The van der Waals surface area contributed by atoms with Gasteiger partial charge in [-0.1, -0.05) is 6.92 Å². The molecule has 1 rings (SSSR count). The number of halogens is 2. The molecule has 1 N–H and O–H groups in total. The van der Waals surface area contributed by atoms with Crippen LogP contribution in [0.5, 0.6) is 0 Å². The molecule has 0 aliphatic heterocycles. The van der Waals surface area contributed by atoms with Crippen molar-refractivity contribution in [3.8, 4) is 0 Å². The molecule has 2 nitrogen and oxygen atoms in total. The molecule has 1 amide bonds. The van der Waals surface area contributed by atoms with Crippen LogP contribution in [0, 0.1) is 11.8 Å². The monoisotopic (exact) mass is 163 g/mol. The maximum atomic E-state index is 11.6. The SMILES string of the molecule is CC1CC1CNC(=O)C(F)F. The number of carbonyl (C=O) groups is 1. The fraction of sp³-hybridized carbons (Fsp3) is 0.857. The molecule has 0 bridgehead atoms. The lowest BCUT2D eigenvalue weighted by atomic mass is 10.3. The smallest absolute Gasteiger partial charge is 0.315 e. The number of hydrogen-bond donors (Lipinski definition) is 1. The van der Waals surface area contributed by atoms with Crippen molar-refractivity contribution in [3.05, 3.63) is 0 Å². The third kappa shape index (κ3) is 2.44. The predicted molar refractivity (Wildman–Crippen MR) is 36.3 cm³/mol. The maximum Gasteiger partial charge on any atom is 0.315 e. The van der Waals surface area contributed by atoms with Crippen LogP contribution in [0.15, 0.2) is 0 Å². The van der Waals surface area contributed by atoms with Crippen LogP contribution in [0.25, 0.3) is 0 Å². The van der Waals surface area contributed by atoms with Gasteiger partial charge in [-0.15, -0.1) is 0 Å². The molecule has 64 valence electrons. The van der Waals surface area contributed by atoms with E-state index in [1.807, 2.05) is 6.92 Å². The summed E-state index contributed by atoms with van der Waals surface area (Å²) in [4.78, 5) is 10.3. The summed E-state index contributed by atoms with van der Waals surface area (Å²) in [6, 6.07) is 0. The zero-order chi connectivity index (χ0) is 8.43.